The van der Waals surface area contributed by atoms with Crippen LogP contribution in [0.25, 0.3) is 0 Å². The summed E-state index contributed by atoms with van der Waals surface area (Å²) >= 11 is 3.06. The molecule has 3 heterocycles. The van der Waals surface area contributed by atoms with Crippen molar-refractivity contribution in [1.29, 1.82) is 0 Å². The number of amides is 1. The molecule has 1 fully saturated rings. The summed E-state index contributed by atoms with van der Waals surface area (Å²) in [5.41, 5.74) is 0.588. The van der Waals surface area contributed by atoms with Crippen LogP contribution in [0.2, 0.25) is 0 Å². The van der Waals surface area contributed by atoms with Gasteiger partial charge in [0.1, 0.15) is 17.0 Å². The van der Waals surface area contributed by atoms with Gasteiger partial charge < -0.3 is 9.47 Å². The highest BCUT2D eigenvalue weighted by Crippen LogP contribution is 2.39. The Labute approximate surface area is 160 Å². The second kappa shape index (κ2) is 8.00. The monoisotopic (exact) mass is 392 g/mol. The van der Waals surface area contributed by atoms with Crippen molar-refractivity contribution in [3.8, 4) is 0 Å². The molecule has 0 bridgehead atoms. The van der Waals surface area contributed by atoms with Gasteiger partial charge in [-0.2, -0.15) is 0 Å². The molecule has 1 aromatic carbocycles. The van der Waals surface area contributed by atoms with Crippen molar-refractivity contribution >= 4 is 29.4 Å². The number of halogens is 1. The van der Waals surface area contributed by atoms with Crippen molar-refractivity contribution < 1.29 is 9.18 Å². The van der Waals surface area contributed by atoms with Gasteiger partial charge in [0.05, 0.1) is 5.75 Å². The Bertz CT molecular complexity index is 797. The largest absolute Gasteiger partial charge is 0.325 e. The van der Waals surface area contributed by atoms with Crippen LogP contribution in [0, 0.1) is 5.82 Å². The lowest BCUT2D eigenvalue weighted by Gasteiger charge is -2.24. The van der Waals surface area contributed by atoms with E-state index in [-0.39, 0.29) is 17.1 Å². The molecule has 138 valence electrons. The van der Waals surface area contributed by atoms with E-state index in [4.69, 9.17) is 0 Å². The van der Waals surface area contributed by atoms with Crippen LogP contribution in [0.3, 0.4) is 0 Å². The smallest absolute Gasteiger partial charge is 0.234 e. The van der Waals surface area contributed by atoms with Crippen molar-refractivity contribution in [3.05, 3.63) is 41.5 Å². The average molecular weight is 393 g/mol. The first-order valence-corrected chi connectivity index (χ1v) is 11.0. The van der Waals surface area contributed by atoms with Crippen molar-refractivity contribution in [1.82, 2.24) is 19.7 Å². The van der Waals surface area contributed by atoms with Gasteiger partial charge in [0, 0.05) is 30.8 Å². The molecule has 1 unspecified atom stereocenters. The van der Waals surface area contributed by atoms with Crippen molar-refractivity contribution in [2.75, 3.05) is 18.1 Å². The van der Waals surface area contributed by atoms with Gasteiger partial charge in [-0.3, -0.25) is 4.79 Å². The van der Waals surface area contributed by atoms with E-state index in [9.17, 15) is 9.18 Å². The lowest BCUT2D eigenvalue weighted by Crippen LogP contribution is -2.32. The van der Waals surface area contributed by atoms with Gasteiger partial charge in [0.25, 0.3) is 0 Å². The Morgan fingerprint density at radius 3 is 3.00 bits per heavy atom. The lowest BCUT2D eigenvalue weighted by atomic mass is 10.2. The number of hydrogen-bond acceptors (Lipinski definition) is 5. The van der Waals surface area contributed by atoms with Crippen molar-refractivity contribution in [2.24, 2.45) is 0 Å². The maximum Gasteiger partial charge on any atom is 0.234 e. The molecule has 26 heavy (non-hydrogen) atoms. The molecule has 0 radical (unpaired) electrons. The SMILES string of the molecule is O=C(CSc1nnc2n1CCCCC2)N1CCSC1c1ccccc1F. The van der Waals surface area contributed by atoms with E-state index in [0.29, 0.717) is 17.9 Å². The fourth-order valence-corrected chi connectivity index (χ4v) is 5.60. The highest BCUT2D eigenvalue weighted by molar-refractivity contribution is 8.00. The van der Waals surface area contributed by atoms with Gasteiger partial charge in [-0.25, -0.2) is 4.39 Å². The van der Waals surface area contributed by atoms with E-state index in [2.05, 4.69) is 14.8 Å². The molecule has 1 saturated heterocycles. The molecule has 0 spiro atoms. The number of carbonyl (C=O) groups is 1. The average Bonchev–Trinajstić information content (AvgIpc) is 3.21. The molecule has 2 aromatic rings. The zero-order valence-electron chi connectivity index (χ0n) is 14.4. The van der Waals surface area contributed by atoms with Crippen LogP contribution in [-0.2, 0) is 17.8 Å². The number of carbonyl (C=O) groups excluding carboxylic acids is 1. The Balaban J connectivity index is 1.43. The second-order valence-electron chi connectivity index (χ2n) is 6.48. The Hall–Kier alpha value is -1.54. The topological polar surface area (TPSA) is 51.0 Å². The molecule has 1 aromatic heterocycles. The summed E-state index contributed by atoms with van der Waals surface area (Å²) < 4.78 is 16.3. The summed E-state index contributed by atoms with van der Waals surface area (Å²) in [7, 11) is 0. The summed E-state index contributed by atoms with van der Waals surface area (Å²) in [4.78, 5) is 14.6. The number of thioether (sulfide) groups is 2. The summed E-state index contributed by atoms with van der Waals surface area (Å²) in [5.74, 6) is 1.94. The summed E-state index contributed by atoms with van der Waals surface area (Å²) in [6, 6.07) is 6.72. The highest BCUT2D eigenvalue weighted by Gasteiger charge is 2.32. The number of aryl methyl sites for hydroxylation is 1. The van der Waals surface area contributed by atoms with Crippen molar-refractivity contribution in [3.63, 3.8) is 0 Å². The number of aromatic nitrogens is 3. The molecular weight excluding hydrogens is 371 g/mol. The molecular formula is C18H21FN4OS2. The minimum atomic E-state index is -0.250. The van der Waals surface area contributed by atoms with Crippen molar-refractivity contribution in [2.45, 2.75) is 42.8 Å². The first-order valence-electron chi connectivity index (χ1n) is 8.94. The molecule has 5 nitrogen and oxygen atoms in total. The van der Waals surface area contributed by atoms with E-state index < -0.39 is 0 Å². The summed E-state index contributed by atoms with van der Waals surface area (Å²) in [6.07, 6.45) is 4.45. The minimum absolute atomic E-state index is 0.0271. The molecule has 0 aliphatic carbocycles. The standard InChI is InChI=1S/C18H21FN4OS2/c19-14-7-4-3-6-13(14)17-23(10-11-25-17)16(24)12-26-18-21-20-15-8-2-1-5-9-22(15)18/h3-4,6-7,17H,1-2,5,8-12H2. The van der Waals surface area contributed by atoms with Gasteiger partial charge in [0.15, 0.2) is 5.16 Å². The number of fused-ring (bicyclic) bond motifs is 1. The van der Waals surface area contributed by atoms with Gasteiger partial charge in [-0.05, 0) is 18.9 Å². The van der Waals surface area contributed by atoms with Crippen LogP contribution < -0.4 is 0 Å². The molecule has 4 rings (SSSR count). The van der Waals surface area contributed by atoms with Crippen LogP contribution in [0.5, 0.6) is 0 Å². The molecule has 0 N–H and O–H groups in total. The molecule has 0 saturated carbocycles. The van der Waals surface area contributed by atoms with E-state index in [1.54, 1.807) is 28.8 Å². The van der Waals surface area contributed by atoms with Gasteiger partial charge in [-0.15, -0.1) is 22.0 Å². The van der Waals surface area contributed by atoms with Crippen LogP contribution in [0.15, 0.2) is 29.4 Å². The Kier molecular flexibility index (Phi) is 5.49. The van der Waals surface area contributed by atoms with Crippen LogP contribution in [0.4, 0.5) is 4.39 Å². The summed E-state index contributed by atoms with van der Waals surface area (Å²) in [6.45, 7) is 1.58. The predicted octanol–water partition coefficient (Wildman–Crippen LogP) is 3.51. The molecule has 2 aliphatic heterocycles. The fourth-order valence-electron chi connectivity index (χ4n) is 3.43. The maximum absolute atomic E-state index is 14.1. The molecule has 8 heteroatoms. The number of rotatable bonds is 4. The predicted molar refractivity (Wildman–Crippen MR) is 102 cm³/mol. The van der Waals surface area contributed by atoms with Crippen LogP contribution in [-0.4, -0.2) is 43.6 Å². The number of hydrogen-bond donors (Lipinski definition) is 0. The maximum atomic E-state index is 14.1. The van der Waals surface area contributed by atoms with Gasteiger partial charge in [0.2, 0.25) is 5.91 Å². The first kappa shape index (κ1) is 17.9. The van der Waals surface area contributed by atoms with Crippen LogP contribution >= 0.6 is 23.5 Å². The Morgan fingerprint density at radius 2 is 2.12 bits per heavy atom. The minimum Gasteiger partial charge on any atom is -0.325 e. The molecule has 1 atom stereocenters. The third kappa shape index (κ3) is 3.62. The highest BCUT2D eigenvalue weighted by atomic mass is 32.2. The molecule has 1 amide bonds. The number of benzene rings is 1. The zero-order valence-corrected chi connectivity index (χ0v) is 16.1. The Morgan fingerprint density at radius 1 is 1.23 bits per heavy atom. The lowest BCUT2D eigenvalue weighted by molar-refractivity contribution is -0.128. The first-order chi connectivity index (χ1) is 12.7. The van der Waals surface area contributed by atoms with E-state index in [1.807, 2.05) is 6.07 Å². The van der Waals surface area contributed by atoms with Gasteiger partial charge in [-0.1, -0.05) is 36.4 Å². The zero-order chi connectivity index (χ0) is 17.9. The van der Waals surface area contributed by atoms with E-state index in [1.165, 1.54) is 24.2 Å². The van der Waals surface area contributed by atoms with E-state index in [0.717, 1.165) is 42.5 Å². The third-order valence-corrected chi connectivity index (χ3v) is 6.98. The molecule has 2 aliphatic rings. The van der Waals surface area contributed by atoms with E-state index >= 15 is 0 Å². The number of nitrogens with zero attached hydrogens (tertiary/aromatic N) is 4. The third-order valence-electron chi connectivity index (χ3n) is 4.78. The van der Waals surface area contributed by atoms with Gasteiger partial charge >= 0.3 is 0 Å². The normalized spacial score (nSPS) is 20.0. The van der Waals surface area contributed by atoms with Crippen LogP contribution in [0.1, 0.15) is 36.0 Å². The fraction of sp³-hybridized carbons (Fsp3) is 0.500. The second-order valence-corrected chi connectivity index (χ2v) is 8.61. The summed E-state index contributed by atoms with van der Waals surface area (Å²) in [5, 5.41) is 9.14. The quantitative estimate of drug-likeness (QED) is 0.746.